The highest BCUT2D eigenvalue weighted by atomic mass is 35.5. The second-order valence-electron chi connectivity index (χ2n) is 12.0. The summed E-state index contributed by atoms with van der Waals surface area (Å²) < 4.78 is 81.4. The van der Waals surface area contributed by atoms with Crippen molar-refractivity contribution < 1.29 is 36.0 Å². The number of nitrogens with two attached hydrogens (primary N) is 2. The molecule has 0 saturated carbocycles. The van der Waals surface area contributed by atoms with Crippen LogP contribution < -0.4 is 22.3 Å². The number of carbonyl (C=O) groups is 1. The van der Waals surface area contributed by atoms with E-state index in [9.17, 15) is 36.3 Å². The van der Waals surface area contributed by atoms with Crippen LogP contribution in [0.2, 0.25) is 0 Å². The molecule has 0 bridgehead atoms. The number of carbonyl (C=O) groups excluding carboxylic acids is 1. The lowest BCUT2D eigenvalue weighted by Crippen LogP contribution is -2.48. The Kier molecular flexibility index (Phi) is 14.8. The van der Waals surface area contributed by atoms with Gasteiger partial charge in [-0.05, 0) is 74.4 Å². The van der Waals surface area contributed by atoms with Crippen LogP contribution in [0.4, 0.5) is 26.3 Å². The molecule has 3 rings (SSSR count). The number of nitrogens with one attached hydrogen (secondary N) is 2. The van der Waals surface area contributed by atoms with E-state index in [0.717, 1.165) is 11.1 Å². The Labute approximate surface area is 291 Å². The van der Waals surface area contributed by atoms with E-state index >= 15 is 0 Å². The molecule has 2 aromatic rings. The minimum Gasteiger partial charge on any atom is -0.787 e. The van der Waals surface area contributed by atoms with Crippen molar-refractivity contribution in [2.24, 2.45) is 22.5 Å². The van der Waals surface area contributed by atoms with Gasteiger partial charge in [-0.2, -0.15) is 26.3 Å². The number of aryl methyl sites for hydroxylation is 1. The highest BCUT2D eigenvalue weighted by molar-refractivity contribution is 6.30. The van der Waals surface area contributed by atoms with Crippen molar-refractivity contribution in [3.05, 3.63) is 87.6 Å². The van der Waals surface area contributed by atoms with Crippen molar-refractivity contribution in [1.29, 1.82) is 0 Å². The zero-order valence-electron chi connectivity index (χ0n) is 26.7. The van der Waals surface area contributed by atoms with Crippen molar-refractivity contribution >= 4 is 34.8 Å². The van der Waals surface area contributed by atoms with Crippen LogP contribution in [0.15, 0.2) is 65.3 Å². The van der Waals surface area contributed by atoms with E-state index in [1.54, 1.807) is 17.6 Å². The first kappa shape index (κ1) is 40.5. The number of amides is 1. The highest BCUT2D eigenvalue weighted by Crippen LogP contribution is 2.38. The van der Waals surface area contributed by atoms with E-state index in [0.29, 0.717) is 44.4 Å². The number of hydroxylamine groups is 1. The fraction of sp³-hybridized carbons (Fsp3) is 0.515. The molecule has 5 unspecified atom stereocenters. The lowest BCUT2D eigenvalue weighted by molar-refractivity contribution is -0.143. The number of primary amides is 1. The summed E-state index contributed by atoms with van der Waals surface area (Å²) in [6, 6.07) is 10.5. The Morgan fingerprint density at radius 3 is 2.20 bits per heavy atom. The zero-order valence-corrected chi connectivity index (χ0v) is 28.2. The quantitative estimate of drug-likeness (QED) is 0.0269. The summed E-state index contributed by atoms with van der Waals surface area (Å²) in [6.07, 6.45) is -8.18. The van der Waals surface area contributed by atoms with E-state index in [2.05, 4.69) is 10.5 Å². The van der Waals surface area contributed by atoms with Gasteiger partial charge >= 0.3 is 12.4 Å². The van der Waals surface area contributed by atoms with Gasteiger partial charge in [0, 0.05) is 12.5 Å². The predicted molar refractivity (Wildman–Crippen MR) is 178 cm³/mol. The Bertz CT molecular complexity index is 1410. The number of allylic oxidation sites excluding steroid dienone is 2. The normalized spacial score (nSPS) is 19.9. The van der Waals surface area contributed by atoms with Crippen LogP contribution in [-0.4, -0.2) is 48.2 Å². The van der Waals surface area contributed by atoms with E-state index in [1.807, 2.05) is 31.2 Å². The van der Waals surface area contributed by atoms with Crippen LogP contribution in [0.25, 0.3) is 0 Å². The smallest absolute Gasteiger partial charge is 0.416 e. The molecule has 0 aromatic heterocycles. The maximum Gasteiger partial charge on any atom is 0.416 e. The maximum absolute atomic E-state index is 13.6. The summed E-state index contributed by atoms with van der Waals surface area (Å²) in [5.41, 5.74) is 10.8. The molecule has 6 N–H and O–H groups in total. The third kappa shape index (κ3) is 11.3. The molecule has 0 radical (unpaired) electrons. The van der Waals surface area contributed by atoms with E-state index < -0.39 is 52.3 Å². The maximum atomic E-state index is 13.6. The molecule has 16 heteroatoms. The first-order valence-electron chi connectivity index (χ1n) is 15.6. The topological polar surface area (TPSA) is 138 Å². The summed E-state index contributed by atoms with van der Waals surface area (Å²) in [5.74, 6) is -1.07. The monoisotopic (exact) mass is 738 g/mol. The van der Waals surface area contributed by atoms with Crippen molar-refractivity contribution in [1.82, 2.24) is 10.8 Å². The third-order valence-corrected chi connectivity index (χ3v) is 9.69. The molecule has 5 atom stereocenters. The second kappa shape index (κ2) is 17.9. The standard InChI is InChI=1S/C33H40Cl2F6N5O3/c1-2-31(30(43)47,22-6-4-3-5-7-22)19-44-13-12-25(21-9-10-26(34)27(35)16-21)28(46-49-18-29(42)45-48)11-8-20-14-23(32(36,37)38)17-24(15-20)33(39,40)41/h3-7,9,14-15,17,25-27,29,44-45H,2,8,10-13,16,18-19,42H2,1H3,(H2,43,47)/q-1/b46-28+. The minimum atomic E-state index is -5.01. The van der Waals surface area contributed by atoms with Crippen LogP contribution in [0.1, 0.15) is 61.3 Å². The summed E-state index contributed by atoms with van der Waals surface area (Å²) in [4.78, 5) is 18.1. The largest absolute Gasteiger partial charge is 0.787 e. The zero-order chi connectivity index (χ0) is 36.4. The molecule has 0 aliphatic heterocycles. The number of rotatable bonds is 17. The highest BCUT2D eigenvalue weighted by Gasteiger charge is 2.38. The van der Waals surface area contributed by atoms with Crippen LogP contribution in [0, 0.1) is 11.1 Å². The van der Waals surface area contributed by atoms with Crippen LogP contribution in [0.3, 0.4) is 0 Å². The lowest BCUT2D eigenvalue weighted by Gasteiger charge is -2.32. The molecular formula is C33H40Cl2F6N5O3-. The lowest BCUT2D eigenvalue weighted by atomic mass is 9.77. The second-order valence-corrected chi connectivity index (χ2v) is 13.1. The van der Waals surface area contributed by atoms with E-state index in [4.69, 9.17) is 39.5 Å². The van der Waals surface area contributed by atoms with E-state index in [1.165, 1.54) is 0 Å². The van der Waals surface area contributed by atoms with Gasteiger partial charge in [0.15, 0.2) is 0 Å². The van der Waals surface area contributed by atoms with Gasteiger partial charge < -0.3 is 32.3 Å². The molecule has 0 saturated heterocycles. The number of halogens is 8. The van der Waals surface area contributed by atoms with Crippen LogP contribution >= 0.6 is 23.2 Å². The number of alkyl halides is 8. The van der Waals surface area contributed by atoms with Gasteiger partial charge in [-0.15, -0.1) is 23.2 Å². The van der Waals surface area contributed by atoms with Gasteiger partial charge in [0.05, 0.1) is 39.2 Å². The van der Waals surface area contributed by atoms with Gasteiger partial charge in [-0.25, -0.2) is 0 Å². The predicted octanol–water partition coefficient (Wildman–Crippen LogP) is 6.77. The Morgan fingerprint density at radius 1 is 1.04 bits per heavy atom. The van der Waals surface area contributed by atoms with Gasteiger partial charge in [0.2, 0.25) is 5.91 Å². The summed E-state index contributed by atoms with van der Waals surface area (Å²) >= 11 is 12.9. The fourth-order valence-electron chi connectivity index (χ4n) is 5.79. The fourth-order valence-corrected chi connectivity index (χ4v) is 6.25. The molecule has 0 spiro atoms. The van der Waals surface area contributed by atoms with Gasteiger partial charge in [-0.1, -0.05) is 54.1 Å². The number of nitrogens with zero attached hydrogens (tertiary/aromatic N) is 1. The van der Waals surface area contributed by atoms with Gasteiger partial charge in [0.25, 0.3) is 0 Å². The summed E-state index contributed by atoms with van der Waals surface area (Å²) in [5, 5.41) is 17.6. The molecule has 1 aliphatic rings. The molecule has 0 fully saturated rings. The number of hydrogen-bond donors (Lipinski definition) is 4. The first-order chi connectivity index (χ1) is 23.0. The van der Waals surface area contributed by atoms with Gasteiger partial charge in [-0.3, -0.25) is 4.79 Å². The average Bonchev–Trinajstić information content (AvgIpc) is 3.05. The minimum absolute atomic E-state index is 0.0707. The van der Waals surface area contributed by atoms with Crippen LogP contribution in [0.5, 0.6) is 0 Å². The molecule has 1 amide bonds. The van der Waals surface area contributed by atoms with Gasteiger partial charge in [0.1, 0.15) is 6.61 Å². The average molecular weight is 740 g/mol. The van der Waals surface area contributed by atoms with Crippen LogP contribution in [-0.2, 0) is 33.8 Å². The molecule has 0 heterocycles. The Hall–Kier alpha value is -2.88. The van der Waals surface area contributed by atoms with Crippen molar-refractivity contribution in [2.75, 3.05) is 19.7 Å². The number of benzene rings is 2. The molecular weight excluding hydrogens is 699 g/mol. The first-order valence-corrected chi connectivity index (χ1v) is 16.5. The molecule has 8 nitrogen and oxygen atoms in total. The molecule has 49 heavy (non-hydrogen) atoms. The number of oxime groups is 1. The van der Waals surface area contributed by atoms with E-state index in [-0.39, 0.29) is 48.7 Å². The molecule has 272 valence electrons. The van der Waals surface area contributed by atoms with Crippen molar-refractivity contribution in [3.8, 4) is 0 Å². The molecule has 1 aliphatic carbocycles. The van der Waals surface area contributed by atoms with Crippen molar-refractivity contribution in [2.45, 2.75) is 80.1 Å². The summed E-state index contributed by atoms with van der Waals surface area (Å²) in [6.45, 7) is 1.96. The molecule has 2 aromatic carbocycles. The summed E-state index contributed by atoms with van der Waals surface area (Å²) in [7, 11) is 0. The Morgan fingerprint density at radius 2 is 1.67 bits per heavy atom. The number of hydrogen-bond acceptors (Lipinski definition) is 7. The Balaban J connectivity index is 1.95. The SMILES string of the molecule is CCC(CNCCC(C1=CCC(Cl)C(Cl)C1)/C(CCc1cc(C(F)(F)F)cc(C(F)(F)F)c1)=N/OCC(N)N[O-])(C(N)=O)c1ccccc1. The third-order valence-electron chi connectivity index (χ3n) is 8.62. The van der Waals surface area contributed by atoms with Crippen molar-refractivity contribution in [3.63, 3.8) is 0 Å².